The molecule has 0 aliphatic heterocycles. The number of hydrogen-bond donors (Lipinski definition) is 1. The van der Waals surface area contributed by atoms with Gasteiger partial charge in [-0.1, -0.05) is 23.2 Å². The zero-order valence-corrected chi connectivity index (χ0v) is 6.45. The van der Waals surface area contributed by atoms with Gasteiger partial charge in [-0.25, -0.2) is 0 Å². The van der Waals surface area contributed by atoms with Crippen LogP contribution in [0, 0.1) is 0 Å². The van der Waals surface area contributed by atoms with Gasteiger partial charge in [0.15, 0.2) is 0 Å². The Morgan fingerprint density at radius 2 is 2.33 bits per heavy atom. The number of ether oxygens (including phenoxy) is 1. The van der Waals surface area contributed by atoms with Gasteiger partial charge in [0, 0.05) is 12.1 Å². The second-order valence-corrected chi connectivity index (χ2v) is 2.10. The lowest BCUT2D eigenvalue weighted by Gasteiger charge is -1.97. The van der Waals surface area contributed by atoms with E-state index in [0.29, 0.717) is 24.8 Å². The highest BCUT2D eigenvalue weighted by Gasteiger charge is 1.88. The molecule has 0 atom stereocenters. The fourth-order valence-corrected chi connectivity index (χ4v) is 0.425. The van der Waals surface area contributed by atoms with Crippen LogP contribution >= 0.6 is 23.2 Å². The minimum Gasteiger partial charge on any atom is -0.375 e. The smallest absolute Gasteiger partial charge is 0.0832 e. The SMILES string of the molecule is NCCOCC(Cl)=CCl. The number of nitrogens with two attached hydrogens (primary N) is 1. The molecule has 0 rings (SSSR count). The van der Waals surface area contributed by atoms with Gasteiger partial charge in [-0.3, -0.25) is 0 Å². The maximum absolute atomic E-state index is 5.46. The van der Waals surface area contributed by atoms with Crippen LogP contribution in [0.5, 0.6) is 0 Å². The molecule has 0 saturated carbocycles. The highest BCUT2D eigenvalue weighted by atomic mass is 35.5. The Labute approximate surface area is 64.6 Å². The van der Waals surface area contributed by atoms with Crippen LogP contribution < -0.4 is 5.73 Å². The molecular weight excluding hydrogens is 161 g/mol. The van der Waals surface area contributed by atoms with E-state index in [1.165, 1.54) is 5.54 Å². The molecule has 0 unspecified atom stereocenters. The van der Waals surface area contributed by atoms with E-state index < -0.39 is 0 Å². The van der Waals surface area contributed by atoms with Gasteiger partial charge >= 0.3 is 0 Å². The van der Waals surface area contributed by atoms with Crippen LogP contribution in [0.2, 0.25) is 0 Å². The molecule has 0 fully saturated rings. The van der Waals surface area contributed by atoms with Crippen molar-refractivity contribution in [3.05, 3.63) is 10.6 Å². The molecule has 4 heteroatoms. The largest absolute Gasteiger partial charge is 0.375 e. The second-order valence-electron chi connectivity index (χ2n) is 1.40. The van der Waals surface area contributed by atoms with Gasteiger partial charge in [0.2, 0.25) is 0 Å². The van der Waals surface area contributed by atoms with Gasteiger partial charge in [-0.15, -0.1) is 0 Å². The van der Waals surface area contributed by atoms with E-state index >= 15 is 0 Å². The van der Waals surface area contributed by atoms with Crippen LogP contribution in [-0.4, -0.2) is 19.8 Å². The van der Waals surface area contributed by atoms with Crippen molar-refractivity contribution in [3.63, 3.8) is 0 Å². The van der Waals surface area contributed by atoms with Crippen molar-refractivity contribution in [1.82, 2.24) is 0 Å². The molecule has 0 aliphatic rings. The molecule has 2 nitrogen and oxygen atoms in total. The topological polar surface area (TPSA) is 35.2 Å². The minimum absolute atomic E-state index is 0.349. The molecule has 0 aromatic carbocycles. The van der Waals surface area contributed by atoms with Gasteiger partial charge in [0.25, 0.3) is 0 Å². The van der Waals surface area contributed by atoms with E-state index in [1.807, 2.05) is 0 Å². The maximum atomic E-state index is 5.46. The average molecular weight is 170 g/mol. The Morgan fingerprint density at radius 3 is 2.78 bits per heavy atom. The summed E-state index contributed by atoms with van der Waals surface area (Å²) in [5.41, 5.74) is 6.41. The monoisotopic (exact) mass is 169 g/mol. The summed E-state index contributed by atoms with van der Waals surface area (Å²) in [6, 6.07) is 0. The van der Waals surface area contributed by atoms with Crippen LogP contribution in [0.15, 0.2) is 10.6 Å². The van der Waals surface area contributed by atoms with Gasteiger partial charge in [0.05, 0.1) is 18.2 Å². The molecule has 9 heavy (non-hydrogen) atoms. The summed E-state index contributed by atoms with van der Waals surface area (Å²) >= 11 is 10.7. The number of rotatable bonds is 4. The number of halogens is 2. The van der Waals surface area contributed by atoms with Crippen molar-refractivity contribution in [3.8, 4) is 0 Å². The van der Waals surface area contributed by atoms with Crippen molar-refractivity contribution in [2.24, 2.45) is 5.73 Å². The predicted octanol–water partition coefficient (Wildman–Crippen LogP) is 1.28. The Morgan fingerprint density at radius 1 is 1.67 bits per heavy atom. The van der Waals surface area contributed by atoms with Gasteiger partial charge in [-0.2, -0.15) is 0 Å². The van der Waals surface area contributed by atoms with Crippen molar-refractivity contribution < 1.29 is 4.74 Å². The highest BCUT2D eigenvalue weighted by Crippen LogP contribution is 2.02. The first-order valence-corrected chi connectivity index (χ1v) is 3.35. The van der Waals surface area contributed by atoms with E-state index in [1.54, 1.807) is 0 Å². The normalized spacial score (nSPS) is 12.1. The molecular formula is C5H9Cl2NO. The van der Waals surface area contributed by atoms with Crippen LogP contribution in [0.4, 0.5) is 0 Å². The van der Waals surface area contributed by atoms with Crippen molar-refractivity contribution in [1.29, 1.82) is 0 Å². The predicted molar refractivity (Wildman–Crippen MR) is 39.7 cm³/mol. The zero-order chi connectivity index (χ0) is 7.11. The fourth-order valence-electron chi connectivity index (χ4n) is 0.285. The molecule has 0 spiro atoms. The lowest BCUT2D eigenvalue weighted by molar-refractivity contribution is 0.168. The minimum atomic E-state index is 0.349. The van der Waals surface area contributed by atoms with Crippen LogP contribution in [0.25, 0.3) is 0 Å². The summed E-state index contributed by atoms with van der Waals surface area (Å²) in [4.78, 5) is 0. The highest BCUT2D eigenvalue weighted by molar-refractivity contribution is 6.36. The Kier molecular flexibility index (Phi) is 6.53. The summed E-state index contributed by atoms with van der Waals surface area (Å²) in [7, 11) is 0. The molecule has 0 aliphatic carbocycles. The molecule has 0 saturated heterocycles. The Balaban J connectivity index is 3.07. The molecule has 0 bridgehead atoms. The van der Waals surface area contributed by atoms with E-state index in [-0.39, 0.29) is 0 Å². The lowest BCUT2D eigenvalue weighted by atomic mass is 10.6. The third-order valence-electron chi connectivity index (χ3n) is 0.621. The number of hydrogen-bond acceptors (Lipinski definition) is 2. The van der Waals surface area contributed by atoms with Crippen LogP contribution in [0.1, 0.15) is 0 Å². The molecule has 54 valence electrons. The Hall–Kier alpha value is 0.240. The molecule has 0 heterocycles. The summed E-state index contributed by atoms with van der Waals surface area (Å²) in [6.45, 7) is 1.37. The molecule has 0 radical (unpaired) electrons. The van der Waals surface area contributed by atoms with Gasteiger partial charge < -0.3 is 10.5 Å². The van der Waals surface area contributed by atoms with E-state index in [4.69, 9.17) is 33.7 Å². The Bertz CT molecular complexity index is 95.0. The summed E-state index contributed by atoms with van der Waals surface area (Å²) < 4.78 is 4.93. The molecule has 0 amide bonds. The average Bonchev–Trinajstić information content (AvgIpc) is 1.89. The molecule has 0 aromatic heterocycles. The first-order chi connectivity index (χ1) is 4.31. The van der Waals surface area contributed by atoms with Crippen molar-refractivity contribution in [2.75, 3.05) is 19.8 Å². The van der Waals surface area contributed by atoms with Gasteiger partial charge in [-0.05, 0) is 0 Å². The second kappa shape index (κ2) is 6.36. The molecule has 2 N–H and O–H groups in total. The van der Waals surface area contributed by atoms with E-state index in [9.17, 15) is 0 Å². The molecule has 0 aromatic rings. The van der Waals surface area contributed by atoms with E-state index in [0.717, 1.165) is 0 Å². The van der Waals surface area contributed by atoms with Crippen molar-refractivity contribution in [2.45, 2.75) is 0 Å². The van der Waals surface area contributed by atoms with Gasteiger partial charge in [0.1, 0.15) is 0 Å². The van der Waals surface area contributed by atoms with E-state index in [2.05, 4.69) is 0 Å². The summed E-state index contributed by atoms with van der Waals surface area (Å²) in [6.07, 6.45) is 0. The standard InChI is InChI=1S/C5H9Cl2NO/c6-3-5(7)4-9-2-1-8/h3H,1-2,4,8H2. The summed E-state index contributed by atoms with van der Waals surface area (Å²) in [5, 5.41) is 0.491. The fraction of sp³-hybridized carbons (Fsp3) is 0.600. The van der Waals surface area contributed by atoms with Crippen LogP contribution in [-0.2, 0) is 4.74 Å². The van der Waals surface area contributed by atoms with Crippen molar-refractivity contribution >= 4 is 23.2 Å². The zero-order valence-electron chi connectivity index (χ0n) is 4.94. The lowest BCUT2D eigenvalue weighted by Crippen LogP contribution is -2.08. The third-order valence-corrected chi connectivity index (χ3v) is 1.21. The van der Waals surface area contributed by atoms with Crippen LogP contribution in [0.3, 0.4) is 0 Å². The quantitative estimate of drug-likeness (QED) is 0.645. The first kappa shape index (κ1) is 9.24. The maximum Gasteiger partial charge on any atom is 0.0832 e. The summed E-state index contributed by atoms with van der Waals surface area (Å²) in [5.74, 6) is 0. The third kappa shape index (κ3) is 6.12. The first-order valence-electron chi connectivity index (χ1n) is 2.54.